The Hall–Kier alpha value is -4.02. The third-order valence-electron chi connectivity index (χ3n) is 5.55. The molecule has 8 nitrogen and oxygen atoms in total. The molecule has 0 spiro atoms. The lowest BCUT2D eigenvalue weighted by Gasteiger charge is -2.22. The van der Waals surface area contributed by atoms with Gasteiger partial charge in [-0.1, -0.05) is 13.8 Å². The number of Topliss-reactive ketones (excluding diaryl/α,β-unsaturated/α-hetero) is 1. The average molecular weight is 531 g/mol. The van der Waals surface area contributed by atoms with Crippen LogP contribution < -0.4 is 10.1 Å². The predicted molar refractivity (Wildman–Crippen MR) is 135 cm³/mol. The molecule has 2 aromatic heterocycles. The van der Waals surface area contributed by atoms with Crippen LogP contribution in [0, 0.1) is 5.92 Å². The number of nitrogens with one attached hydrogen (secondary N) is 1. The van der Waals surface area contributed by atoms with E-state index in [4.69, 9.17) is 9.84 Å². The molecule has 1 aromatic carbocycles. The van der Waals surface area contributed by atoms with Crippen LogP contribution in [0.3, 0.4) is 0 Å². The molecule has 0 amide bonds. The molecule has 3 rings (SSSR count). The number of ketones is 1. The predicted octanol–water partition coefficient (Wildman–Crippen LogP) is 5.90. The Labute approximate surface area is 218 Å². The number of aromatic nitrogens is 3. The summed E-state index contributed by atoms with van der Waals surface area (Å²) in [6, 6.07) is 12.3. The first kappa shape index (κ1) is 28.5. The Morgan fingerprint density at radius 3 is 2.29 bits per heavy atom. The molecular weight excluding hydrogens is 501 g/mol. The number of rotatable bonds is 13. The third kappa shape index (κ3) is 8.82. The molecule has 0 aliphatic heterocycles. The number of hydrogen-bond donors (Lipinski definition) is 2. The van der Waals surface area contributed by atoms with Crippen LogP contribution >= 0.6 is 0 Å². The first-order valence-corrected chi connectivity index (χ1v) is 12.1. The van der Waals surface area contributed by atoms with Crippen LogP contribution in [0.15, 0.2) is 54.7 Å². The van der Waals surface area contributed by atoms with E-state index in [2.05, 4.69) is 34.3 Å². The minimum Gasteiger partial charge on any atom is -0.481 e. The monoisotopic (exact) mass is 530 g/mol. The second-order valence-corrected chi connectivity index (χ2v) is 9.22. The lowest BCUT2D eigenvalue weighted by atomic mass is 10.0. The van der Waals surface area contributed by atoms with Crippen molar-refractivity contribution in [1.82, 2.24) is 15.2 Å². The Bertz CT molecular complexity index is 1200. The third-order valence-corrected chi connectivity index (χ3v) is 5.55. The highest BCUT2D eigenvalue weighted by atomic mass is 19.4. The number of carboxylic acid groups (broad SMARTS) is 1. The summed E-state index contributed by atoms with van der Waals surface area (Å²) in [5.74, 6) is -0.293. The van der Waals surface area contributed by atoms with Crippen LogP contribution in [0.5, 0.6) is 5.88 Å². The molecule has 2 N–H and O–H groups in total. The Kier molecular flexibility index (Phi) is 9.75. The van der Waals surface area contributed by atoms with Crippen molar-refractivity contribution in [1.29, 1.82) is 0 Å². The lowest BCUT2D eigenvalue weighted by Crippen LogP contribution is -2.29. The fraction of sp³-hybridized carbons (Fsp3) is 0.370. The minimum absolute atomic E-state index is 0.0387. The number of aliphatic carboxylic acids is 1. The number of anilines is 1. The molecule has 2 heterocycles. The summed E-state index contributed by atoms with van der Waals surface area (Å²) in [5.41, 5.74) is 1.05. The van der Waals surface area contributed by atoms with E-state index in [0.29, 0.717) is 36.0 Å². The second-order valence-electron chi connectivity index (χ2n) is 9.22. The van der Waals surface area contributed by atoms with E-state index in [1.165, 1.54) is 12.3 Å². The first-order chi connectivity index (χ1) is 18.0. The summed E-state index contributed by atoms with van der Waals surface area (Å²) in [6.45, 7) is 4.48. The van der Waals surface area contributed by atoms with Gasteiger partial charge in [-0.05, 0) is 61.2 Å². The first-order valence-electron chi connectivity index (χ1n) is 12.1. The molecule has 38 heavy (non-hydrogen) atoms. The van der Waals surface area contributed by atoms with Crippen molar-refractivity contribution in [2.24, 2.45) is 5.92 Å². The van der Waals surface area contributed by atoms with Gasteiger partial charge in [0.1, 0.15) is 6.61 Å². The number of carbonyl (C=O) groups is 2. The number of halogens is 3. The van der Waals surface area contributed by atoms with Gasteiger partial charge in [0.2, 0.25) is 5.88 Å². The van der Waals surface area contributed by atoms with Crippen molar-refractivity contribution in [3.63, 3.8) is 0 Å². The van der Waals surface area contributed by atoms with Gasteiger partial charge in [0.15, 0.2) is 11.5 Å². The summed E-state index contributed by atoms with van der Waals surface area (Å²) in [4.78, 5) is 27.1. The van der Waals surface area contributed by atoms with Crippen molar-refractivity contribution in [3.05, 3.63) is 66.0 Å². The van der Waals surface area contributed by atoms with Gasteiger partial charge >= 0.3 is 12.1 Å². The highest BCUT2D eigenvalue weighted by Crippen LogP contribution is 2.28. The summed E-state index contributed by atoms with van der Waals surface area (Å²) in [5, 5.41) is 19.0. The van der Waals surface area contributed by atoms with E-state index in [1.54, 1.807) is 36.4 Å². The molecule has 0 fully saturated rings. The van der Waals surface area contributed by atoms with Crippen LogP contribution in [0.1, 0.15) is 55.6 Å². The molecule has 0 aliphatic carbocycles. The van der Waals surface area contributed by atoms with Gasteiger partial charge in [-0.2, -0.15) is 13.2 Å². The molecule has 11 heteroatoms. The van der Waals surface area contributed by atoms with Crippen molar-refractivity contribution < 1.29 is 32.6 Å². The van der Waals surface area contributed by atoms with Gasteiger partial charge in [-0.15, -0.1) is 10.2 Å². The molecule has 0 radical (unpaired) electrons. The summed E-state index contributed by atoms with van der Waals surface area (Å²) < 4.78 is 43.9. The Morgan fingerprint density at radius 1 is 1.00 bits per heavy atom. The van der Waals surface area contributed by atoms with E-state index < -0.39 is 17.8 Å². The van der Waals surface area contributed by atoms with Gasteiger partial charge < -0.3 is 15.2 Å². The average Bonchev–Trinajstić information content (AvgIpc) is 2.87. The van der Waals surface area contributed by atoms with Gasteiger partial charge in [0.25, 0.3) is 0 Å². The van der Waals surface area contributed by atoms with Gasteiger partial charge in [0, 0.05) is 41.9 Å². The quantitative estimate of drug-likeness (QED) is 0.263. The van der Waals surface area contributed by atoms with Crippen molar-refractivity contribution in [2.75, 3.05) is 11.9 Å². The van der Waals surface area contributed by atoms with Gasteiger partial charge in [0.05, 0.1) is 11.7 Å². The summed E-state index contributed by atoms with van der Waals surface area (Å²) in [7, 11) is 0. The van der Waals surface area contributed by atoms with Crippen LogP contribution in [-0.4, -0.2) is 44.7 Å². The molecule has 1 atom stereocenters. The van der Waals surface area contributed by atoms with Gasteiger partial charge in [-0.3, -0.25) is 9.59 Å². The van der Waals surface area contributed by atoms with E-state index in [0.717, 1.165) is 18.2 Å². The van der Waals surface area contributed by atoms with E-state index in [1.807, 2.05) is 0 Å². The summed E-state index contributed by atoms with van der Waals surface area (Å²) in [6.07, 6.45) is -1.85. The lowest BCUT2D eigenvalue weighted by molar-refractivity contribution is -0.141. The zero-order valence-electron chi connectivity index (χ0n) is 21.0. The second kappa shape index (κ2) is 13.0. The van der Waals surface area contributed by atoms with Crippen LogP contribution in [0.4, 0.5) is 18.9 Å². The maximum Gasteiger partial charge on any atom is 0.435 e. The number of alkyl halides is 3. The zero-order valence-corrected chi connectivity index (χ0v) is 21.0. The van der Waals surface area contributed by atoms with Crippen molar-refractivity contribution in [3.8, 4) is 17.1 Å². The molecule has 0 aliphatic rings. The number of nitrogens with zero attached hydrogens (tertiary/aromatic N) is 3. The molecule has 3 aromatic rings. The Morgan fingerprint density at radius 2 is 1.74 bits per heavy atom. The number of hydrogen-bond acceptors (Lipinski definition) is 7. The molecule has 0 unspecified atom stereocenters. The van der Waals surface area contributed by atoms with E-state index >= 15 is 0 Å². The fourth-order valence-corrected chi connectivity index (χ4v) is 3.71. The normalized spacial score (nSPS) is 12.3. The molecule has 0 saturated carbocycles. The van der Waals surface area contributed by atoms with Crippen LogP contribution in [0.25, 0.3) is 11.3 Å². The molecule has 0 bridgehead atoms. The largest absolute Gasteiger partial charge is 0.481 e. The topological polar surface area (TPSA) is 114 Å². The molecular formula is C27H29F3N4O4. The number of carbonyl (C=O) groups excluding carboxylic acids is 1. The number of benzene rings is 1. The van der Waals surface area contributed by atoms with Gasteiger partial charge in [-0.25, -0.2) is 4.98 Å². The highest BCUT2D eigenvalue weighted by Gasteiger charge is 2.32. The fourth-order valence-electron chi connectivity index (χ4n) is 3.71. The molecule has 202 valence electrons. The Balaban J connectivity index is 1.57. The maximum absolute atomic E-state index is 12.7. The minimum atomic E-state index is -4.55. The molecule has 0 saturated heterocycles. The number of carboxylic acids is 1. The van der Waals surface area contributed by atoms with E-state index in [9.17, 15) is 22.8 Å². The smallest absolute Gasteiger partial charge is 0.435 e. The standard InChI is InChI=1S/C27H29F3N4O4/c1-17(2)14-21(32-20-9-6-18(7-10-20)23(35)4-3-5-26(36)37)16-38-25-13-8-19(15-31-25)22-11-12-24(34-33-22)27(28,29)30/h6-13,15,17,21,32H,3-5,14,16H2,1-2H3,(H,36,37)/t21-/m0/s1. The number of pyridine rings is 1. The van der Waals surface area contributed by atoms with Crippen LogP contribution in [0.2, 0.25) is 0 Å². The van der Waals surface area contributed by atoms with Crippen molar-refractivity contribution in [2.45, 2.75) is 51.7 Å². The zero-order chi connectivity index (χ0) is 27.7. The number of ether oxygens (including phenoxy) is 1. The maximum atomic E-state index is 12.7. The van der Waals surface area contributed by atoms with Crippen molar-refractivity contribution >= 4 is 17.4 Å². The van der Waals surface area contributed by atoms with E-state index in [-0.39, 0.29) is 30.4 Å². The van der Waals surface area contributed by atoms with Crippen LogP contribution in [-0.2, 0) is 11.0 Å². The summed E-state index contributed by atoms with van der Waals surface area (Å²) >= 11 is 0. The SMILES string of the molecule is CC(C)C[C@@H](COc1ccc(-c2ccc(C(F)(F)F)nn2)cn1)Nc1ccc(C(=O)CCCC(=O)O)cc1. The highest BCUT2D eigenvalue weighted by molar-refractivity contribution is 5.96.